The summed E-state index contributed by atoms with van der Waals surface area (Å²) in [5.74, 6) is -0.130. The van der Waals surface area contributed by atoms with Crippen LogP contribution in [0.25, 0.3) is 0 Å². The van der Waals surface area contributed by atoms with E-state index in [0.29, 0.717) is 5.02 Å². The van der Waals surface area contributed by atoms with Crippen molar-refractivity contribution in [1.82, 2.24) is 9.21 Å². The topological polar surface area (TPSA) is 57.7 Å². The highest BCUT2D eigenvalue weighted by Gasteiger charge is 2.40. The number of sulfonamides is 1. The van der Waals surface area contributed by atoms with Crippen molar-refractivity contribution in [3.05, 3.63) is 64.7 Å². The lowest BCUT2D eigenvalue weighted by Gasteiger charge is -2.37. The summed E-state index contributed by atoms with van der Waals surface area (Å²) in [5, 5.41) is 0.471. The van der Waals surface area contributed by atoms with Gasteiger partial charge in [-0.3, -0.25) is 4.79 Å². The molecule has 7 heteroatoms. The largest absolute Gasteiger partial charge is 0.332 e. The van der Waals surface area contributed by atoms with Gasteiger partial charge in [0.25, 0.3) is 0 Å². The van der Waals surface area contributed by atoms with Gasteiger partial charge in [-0.2, -0.15) is 4.31 Å². The highest BCUT2D eigenvalue weighted by atomic mass is 35.5. The smallest absolute Gasteiger partial charge is 0.243 e. The molecule has 0 radical (unpaired) electrons. The molecule has 154 valence electrons. The number of benzene rings is 2. The molecule has 1 unspecified atom stereocenters. The highest BCUT2D eigenvalue weighted by Crippen LogP contribution is 2.40. The monoisotopic (exact) mass is 432 g/mol. The highest BCUT2D eigenvalue weighted by molar-refractivity contribution is 7.89. The summed E-state index contributed by atoms with van der Waals surface area (Å²) in [5.41, 5.74) is 2.51. The molecule has 0 aromatic heterocycles. The van der Waals surface area contributed by atoms with Crippen molar-refractivity contribution in [2.24, 2.45) is 0 Å². The molecule has 1 amide bonds. The number of halogens is 1. The van der Waals surface area contributed by atoms with Crippen molar-refractivity contribution in [2.45, 2.75) is 49.1 Å². The summed E-state index contributed by atoms with van der Waals surface area (Å²) in [4.78, 5) is 15.4. The first-order valence-electron chi connectivity index (χ1n) is 9.99. The standard InChI is InChI=1S/C22H25ClN2O3S/c1-24(29(27,28)19-13-9-17(23)10-14-19)15-22(26)25(18-11-12-18)21-8-4-6-16-5-2-3-7-20(16)21/h2-3,5,7,9-10,13-14,18,21H,4,6,8,11-12,15H2,1H3. The van der Waals surface area contributed by atoms with Crippen molar-refractivity contribution in [3.63, 3.8) is 0 Å². The Labute approximate surface area is 177 Å². The SMILES string of the molecule is CN(CC(=O)N(C1CC1)C1CCCc2ccccc21)S(=O)(=O)c1ccc(Cl)cc1. The van der Waals surface area contributed by atoms with Gasteiger partial charge in [0, 0.05) is 18.1 Å². The minimum Gasteiger partial charge on any atom is -0.332 e. The fraction of sp³-hybridized carbons (Fsp3) is 0.409. The molecule has 1 atom stereocenters. The molecule has 2 aliphatic rings. The maximum absolute atomic E-state index is 13.3. The maximum Gasteiger partial charge on any atom is 0.243 e. The zero-order valence-corrected chi connectivity index (χ0v) is 18.0. The van der Waals surface area contributed by atoms with Crippen LogP contribution in [0.4, 0.5) is 0 Å². The Bertz CT molecular complexity index is 1000. The molecule has 0 saturated heterocycles. The third-order valence-corrected chi connectivity index (χ3v) is 7.85. The number of carbonyl (C=O) groups is 1. The van der Waals surface area contributed by atoms with Gasteiger partial charge in [0.05, 0.1) is 17.5 Å². The molecule has 0 aliphatic heterocycles. The summed E-state index contributed by atoms with van der Waals surface area (Å²) in [6.45, 7) is -0.167. The second kappa shape index (κ2) is 8.09. The zero-order chi connectivity index (χ0) is 20.6. The van der Waals surface area contributed by atoms with Gasteiger partial charge in [-0.1, -0.05) is 35.9 Å². The summed E-state index contributed by atoms with van der Waals surface area (Å²) in [6, 6.07) is 14.6. The molecule has 2 aromatic rings. The van der Waals surface area contributed by atoms with Crippen LogP contribution in [-0.4, -0.2) is 43.2 Å². The van der Waals surface area contributed by atoms with Crippen molar-refractivity contribution in [1.29, 1.82) is 0 Å². The van der Waals surface area contributed by atoms with Gasteiger partial charge in [0.2, 0.25) is 15.9 Å². The normalized spacial score (nSPS) is 19.1. The van der Waals surface area contributed by atoms with Crippen LogP contribution in [0.3, 0.4) is 0 Å². The van der Waals surface area contributed by atoms with Gasteiger partial charge in [-0.25, -0.2) is 8.42 Å². The van der Waals surface area contributed by atoms with E-state index in [1.807, 2.05) is 17.0 Å². The lowest BCUT2D eigenvalue weighted by Crippen LogP contribution is -2.44. The van der Waals surface area contributed by atoms with Crippen LogP contribution in [-0.2, 0) is 21.2 Å². The van der Waals surface area contributed by atoms with E-state index in [9.17, 15) is 13.2 Å². The predicted octanol–water partition coefficient (Wildman–Crippen LogP) is 4.03. The number of hydrogen-bond donors (Lipinski definition) is 0. The van der Waals surface area contributed by atoms with E-state index in [4.69, 9.17) is 11.6 Å². The van der Waals surface area contributed by atoms with E-state index in [-0.39, 0.29) is 29.4 Å². The van der Waals surface area contributed by atoms with E-state index < -0.39 is 10.0 Å². The molecule has 1 saturated carbocycles. The molecule has 0 bridgehead atoms. The average Bonchev–Trinajstić information content (AvgIpc) is 3.53. The van der Waals surface area contributed by atoms with E-state index in [1.54, 1.807) is 12.1 Å². The van der Waals surface area contributed by atoms with E-state index in [2.05, 4.69) is 12.1 Å². The minimum atomic E-state index is -3.75. The first-order valence-corrected chi connectivity index (χ1v) is 11.8. The molecular formula is C22H25ClN2O3S. The summed E-state index contributed by atoms with van der Waals surface area (Å²) >= 11 is 5.87. The lowest BCUT2D eigenvalue weighted by molar-refractivity contribution is -0.134. The summed E-state index contributed by atoms with van der Waals surface area (Å²) in [6.07, 6.45) is 4.96. The Morgan fingerprint density at radius 3 is 2.45 bits per heavy atom. The van der Waals surface area contributed by atoms with Crippen molar-refractivity contribution >= 4 is 27.5 Å². The third-order valence-electron chi connectivity index (χ3n) is 5.78. The van der Waals surface area contributed by atoms with Crippen LogP contribution in [0.1, 0.15) is 42.9 Å². The fourth-order valence-corrected chi connectivity index (χ4v) is 5.39. The van der Waals surface area contributed by atoms with Crippen molar-refractivity contribution in [2.75, 3.05) is 13.6 Å². The molecule has 5 nitrogen and oxygen atoms in total. The number of nitrogens with zero attached hydrogens (tertiary/aromatic N) is 2. The van der Waals surface area contributed by atoms with Crippen LogP contribution in [0.5, 0.6) is 0 Å². The van der Waals surface area contributed by atoms with Gasteiger partial charge in [-0.15, -0.1) is 0 Å². The Morgan fingerprint density at radius 1 is 1.07 bits per heavy atom. The van der Waals surface area contributed by atoms with Gasteiger partial charge < -0.3 is 4.90 Å². The van der Waals surface area contributed by atoms with E-state index in [1.165, 1.54) is 30.3 Å². The zero-order valence-electron chi connectivity index (χ0n) is 16.4. The third kappa shape index (κ3) is 4.20. The molecule has 0 heterocycles. The quantitative estimate of drug-likeness (QED) is 0.692. The Morgan fingerprint density at radius 2 is 1.76 bits per heavy atom. The number of rotatable bonds is 6. The van der Waals surface area contributed by atoms with Crippen molar-refractivity contribution < 1.29 is 13.2 Å². The van der Waals surface area contributed by atoms with Gasteiger partial charge >= 0.3 is 0 Å². The number of hydrogen-bond acceptors (Lipinski definition) is 3. The Balaban J connectivity index is 1.55. The number of aryl methyl sites for hydroxylation is 1. The van der Waals surface area contributed by atoms with Crippen LogP contribution >= 0.6 is 11.6 Å². The molecule has 0 N–H and O–H groups in total. The average molecular weight is 433 g/mol. The molecule has 29 heavy (non-hydrogen) atoms. The van der Waals surface area contributed by atoms with Gasteiger partial charge in [0.15, 0.2) is 0 Å². The molecule has 1 fully saturated rings. The van der Waals surface area contributed by atoms with E-state index in [0.717, 1.165) is 36.4 Å². The predicted molar refractivity (Wildman–Crippen MR) is 113 cm³/mol. The summed E-state index contributed by atoms with van der Waals surface area (Å²) < 4.78 is 26.9. The first-order chi connectivity index (χ1) is 13.9. The number of carbonyl (C=O) groups excluding carboxylic acids is 1. The van der Waals surface area contributed by atoms with Crippen LogP contribution < -0.4 is 0 Å². The number of fused-ring (bicyclic) bond motifs is 1. The second-order valence-corrected chi connectivity index (χ2v) is 10.3. The summed E-state index contributed by atoms with van der Waals surface area (Å²) in [7, 11) is -2.29. The van der Waals surface area contributed by atoms with Crippen LogP contribution in [0, 0.1) is 0 Å². The fourth-order valence-electron chi connectivity index (χ4n) is 4.15. The van der Waals surface area contributed by atoms with Gasteiger partial charge in [0.1, 0.15) is 0 Å². The Hall–Kier alpha value is -1.89. The van der Waals surface area contributed by atoms with Crippen LogP contribution in [0.15, 0.2) is 53.4 Å². The van der Waals surface area contributed by atoms with E-state index >= 15 is 0 Å². The number of amides is 1. The molecule has 2 aromatic carbocycles. The van der Waals surface area contributed by atoms with Gasteiger partial charge in [-0.05, 0) is 67.5 Å². The Kier molecular flexibility index (Phi) is 5.69. The molecule has 4 rings (SSSR count). The lowest BCUT2D eigenvalue weighted by atomic mass is 9.86. The number of likely N-dealkylation sites (N-methyl/N-ethyl adjacent to an activating group) is 1. The molecular weight excluding hydrogens is 408 g/mol. The molecule has 2 aliphatic carbocycles. The van der Waals surface area contributed by atoms with Crippen molar-refractivity contribution in [3.8, 4) is 0 Å². The first kappa shape index (κ1) is 20.4. The maximum atomic E-state index is 13.3. The minimum absolute atomic E-state index is 0.0339. The molecule has 0 spiro atoms. The second-order valence-electron chi connectivity index (χ2n) is 7.85. The van der Waals surface area contributed by atoms with Crippen LogP contribution in [0.2, 0.25) is 5.02 Å².